The minimum Gasteiger partial charge on any atom is -0.497 e. The molecule has 2 heterocycles. The third-order valence-electron chi connectivity index (χ3n) is 5.96. The van der Waals surface area contributed by atoms with Gasteiger partial charge in [-0.3, -0.25) is 18.8 Å². The maximum atomic E-state index is 11.9. The number of rotatable bonds is 7. The van der Waals surface area contributed by atoms with E-state index in [9.17, 15) is 9.59 Å². The maximum absolute atomic E-state index is 11.9. The summed E-state index contributed by atoms with van der Waals surface area (Å²) in [5.74, 6) is 1.49. The molecule has 1 fully saturated rings. The van der Waals surface area contributed by atoms with Crippen LogP contribution in [0.4, 0.5) is 11.5 Å². The summed E-state index contributed by atoms with van der Waals surface area (Å²) in [7, 11) is 4.83. The predicted octanol–water partition coefficient (Wildman–Crippen LogP) is 2.83. The van der Waals surface area contributed by atoms with Crippen molar-refractivity contribution in [3.05, 3.63) is 87.6 Å². The Labute approximate surface area is 213 Å². The number of para-hydroxylation sites is 2. The van der Waals surface area contributed by atoms with Crippen LogP contribution in [0.1, 0.15) is 6.42 Å². The first-order chi connectivity index (χ1) is 16.5. The van der Waals surface area contributed by atoms with Gasteiger partial charge in [0.2, 0.25) is 0 Å². The zero-order valence-electron chi connectivity index (χ0n) is 20.7. The van der Waals surface area contributed by atoms with Crippen LogP contribution in [-0.4, -0.2) is 60.4 Å². The lowest BCUT2D eigenvalue weighted by molar-refractivity contribution is 0.257. The molecule has 1 aliphatic rings. The van der Waals surface area contributed by atoms with Crippen LogP contribution >= 0.6 is 12.4 Å². The van der Waals surface area contributed by atoms with E-state index < -0.39 is 0 Å². The van der Waals surface area contributed by atoms with Gasteiger partial charge in [0.1, 0.15) is 11.6 Å². The quantitative estimate of drug-likeness (QED) is 0.502. The Kier molecular flexibility index (Phi) is 11.4. The number of hydrogen-bond donors (Lipinski definition) is 1. The van der Waals surface area contributed by atoms with Crippen molar-refractivity contribution < 1.29 is 4.74 Å². The fraction of sp³-hybridized carbons (Fsp3) is 0.385. The number of halogens is 1. The van der Waals surface area contributed by atoms with E-state index in [1.807, 2.05) is 36.4 Å². The van der Waals surface area contributed by atoms with E-state index in [-0.39, 0.29) is 23.7 Å². The first-order valence-electron chi connectivity index (χ1n) is 11.6. The topological polar surface area (TPSA) is 71.7 Å². The van der Waals surface area contributed by atoms with E-state index in [0.717, 1.165) is 56.0 Å². The zero-order valence-corrected chi connectivity index (χ0v) is 21.5. The van der Waals surface area contributed by atoms with Crippen molar-refractivity contribution in [2.75, 3.05) is 56.6 Å². The van der Waals surface area contributed by atoms with Crippen LogP contribution in [0.2, 0.25) is 0 Å². The molecule has 3 aromatic rings. The average Bonchev–Trinajstić information content (AvgIpc) is 2.90. The highest BCUT2D eigenvalue weighted by atomic mass is 35.5. The van der Waals surface area contributed by atoms with Gasteiger partial charge >= 0.3 is 5.69 Å². The Balaban J connectivity index is 0.000000409. The van der Waals surface area contributed by atoms with Crippen LogP contribution < -0.4 is 26.2 Å². The number of benzene rings is 2. The van der Waals surface area contributed by atoms with E-state index >= 15 is 0 Å². The Morgan fingerprint density at radius 3 is 2.03 bits per heavy atom. The third kappa shape index (κ3) is 8.19. The van der Waals surface area contributed by atoms with Crippen LogP contribution in [0.15, 0.2) is 76.3 Å². The molecule has 9 heteroatoms. The molecule has 1 N–H and O–H groups in total. The Morgan fingerprint density at radius 2 is 1.46 bits per heavy atom. The van der Waals surface area contributed by atoms with E-state index in [2.05, 4.69) is 39.4 Å². The SMILES string of the molecule is COc1ccccc1.Cl.Cn1c(NCCCN2CCN(c3ccccc3)CC2)cc(=O)n(C)c1=O. The van der Waals surface area contributed by atoms with E-state index in [0.29, 0.717) is 5.82 Å². The van der Waals surface area contributed by atoms with Crippen LogP contribution in [0, 0.1) is 0 Å². The lowest BCUT2D eigenvalue weighted by Crippen LogP contribution is -2.46. The second-order valence-electron chi connectivity index (χ2n) is 8.23. The van der Waals surface area contributed by atoms with Crippen LogP contribution in [0.5, 0.6) is 5.75 Å². The lowest BCUT2D eigenvalue weighted by atomic mass is 10.2. The van der Waals surface area contributed by atoms with Crippen LogP contribution in [0.25, 0.3) is 0 Å². The molecule has 0 unspecified atom stereocenters. The lowest BCUT2D eigenvalue weighted by Gasteiger charge is -2.36. The molecule has 1 aliphatic heterocycles. The third-order valence-corrected chi connectivity index (χ3v) is 5.96. The minimum absolute atomic E-state index is 0. The van der Waals surface area contributed by atoms with Crippen LogP contribution in [-0.2, 0) is 14.1 Å². The van der Waals surface area contributed by atoms with Gasteiger partial charge in [0.25, 0.3) is 5.56 Å². The van der Waals surface area contributed by atoms with Gasteiger partial charge in [0, 0.05) is 58.6 Å². The number of ether oxygens (including phenoxy) is 1. The number of nitrogens with zero attached hydrogens (tertiary/aromatic N) is 4. The monoisotopic (exact) mass is 501 g/mol. The first-order valence-corrected chi connectivity index (χ1v) is 11.6. The average molecular weight is 502 g/mol. The highest BCUT2D eigenvalue weighted by Crippen LogP contribution is 2.15. The molecule has 0 amide bonds. The van der Waals surface area contributed by atoms with Gasteiger partial charge in [-0.1, -0.05) is 36.4 Å². The molecule has 35 heavy (non-hydrogen) atoms. The number of methoxy groups -OCH3 is 1. The number of piperazine rings is 1. The molecule has 0 saturated carbocycles. The van der Waals surface area contributed by atoms with E-state index in [1.165, 1.54) is 23.4 Å². The van der Waals surface area contributed by atoms with Crippen molar-refractivity contribution in [1.82, 2.24) is 14.0 Å². The predicted molar refractivity (Wildman–Crippen MR) is 145 cm³/mol. The smallest absolute Gasteiger partial charge is 0.332 e. The molecule has 8 nitrogen and oxygen atoms in total. The summed E-state index contributed by atoms with van der Waals surface area (Å²) in [6.07, 6.45) is 0.967. The van der Waals surface area contributed by atoms with Crippen molar-refractivity contribution >= 4 is 23.9 Å². The van der Waals surface area contributed by atoms with Crippen molar-refractivity contribution in [3.8, 4) is 5.75 Å². The Hall–Kier alpha value is -3.23. The largest absolute Gasteiger partial charge is 0.497 e. The van der Waals surface area contributed by atoms with E-state index in [4.69, 9.17) is 4.74 Å². The highest BCUT2D eigenvalue weighted by Gasteiger charge is 2.16. The molecule has 0 radical (unpaired) electrons. The highest BCUT2D eigenvalue weighted by molar-refractivity contribution is 5.85. The van der Waals surface area contributed by atoms with Crippen molar-refractivity contribution in [2.24, 2.45) is 14.1 Å². The van der Waals surface area contributed by atoms with Crippen molar-refractivity contribution in [1.29, 1.82) is 0 Å². The fourth-order valence-electron chi connectivity index (χ4n) is 3.85. The second-order valence-corrected chi connectivity index (χ2v) is 8.23. The van der Waals surface area contributed by atoms with Gasteiger partial charge in [0.15, 0.2) is 0 Å². The molecule has 190 valence electrons. The molecule has 4 rings (SSSR count). The molecule has 1 saturated heterocycles. The summed E-state index contributed by atoms with van der Waals surface area (Å²) in [5.41, 5.74) is 0.699. The van der Waals surface area contributed by atoms with Gasteiger partial charge in [-0.05, 0) is 37.2 Å². The number of hydrogen-bond acceptors (Lipinski definition) is 6. The first kappa shape index (κ1) is 28.0. The summed E-state index contributed by atoms with van der Waals surface area (Å²) in [6, 6.07) is 21.7. The summed E-state index contributed by atoms with van der Waals surface area (Å²) in [6.45, 7) is 5.94. The maximum Gasteiger partial charge on any atom is 0.332 e. The fourth-order valence-corrected chi connectivity index (χ4v) is 3.85. The molecule has 0 atom stereocenters. The summed E-state index contributed by atoms with van der Waals surface area (Å²) in [4.78, 5) is 28.5. The number of aromatic nitrogens is 2. The molecular weight excluding hydrogens is 466 g/mol. The normalized spacial score (nSPS) is 13.3. The van der Waals surface area contributed by atoms with Gasteiger partial charge in [0.05, 0.1) is 7.11 Å². The summed E-state index contributed by atoms with van der Waals surface area (Å²) >= 11 is 0. The van der Waals surface area contributed by atoms with E-state index in [1.54, 1.807) is 14.2 Å². The van der Waals surface area contributed by atoms with Gasteiger partial charge < -0.3 is 15.0 Å². The zero-order chi connectivity index (χ0) is 24.3. The summed E-state index contributed by atoms with van der Waals surface area (Å²) < 4.78 is 7.49. The standard InChI is InChI=1S/C19H27N5O2.C7H8O.ClH/c1-21-17(15-18(25)22(2)19(21)26)20-9-6-10-23-11-13-24(14-12-23)16-7-4-3-5-8-16;1-8-7-5-3-2-4-6-7;/h3-5,7-8,15,20H,6,9-14H2,1-2H3;2-6H,1H3;1H. The molecule has 0 spiro atoms. The molecule has 1 aromatic heterocycles. The minimum atomic E-state index is -0.308. The van der Waals surface area contributed by atoms with Crippen LogP contribution in [0.3, 0.4) is 0 Å². The van der Waals surface area contributed by atoms with Gasteiger partial charge in [-0.2, -0.15) is 0 Å². The van der Waals surface area contributed by atoms with Gasteiger partial charge in [-0.25, -0.2) is 4.79 Å². The molecule has 0 bridgehead atoms. The number of nitrogens with one attached hydrogen (secondary N) is 1. The Morgan fingerprint density at radius 1 is 0.857 bits per heavy atom. The number of anilines is 2. The molecule has 0 aliphatic carbocycles. The Bertz CT molecular complexity index is 1130. The molecule has 2 aromatic carbocycles. The van der Waals surface area contributed by atoms with Crippen molar-refractivity contribution in [2.45, 2.75) is 6.42 Å². The summed E-state index contributed by atoms with van der Waals surface area (Å²) in [5, 5.41) is 3.21. The second kappa shape index (κ2) is 14.2. The van der Waals surface area contributed by atoms with Gasteiger partial charge in [-0.15, -0.1) is 12.4 Å². The van der Waals surface area contributed by atoms with Crippen molar-refractivity contribution in [3.63, 3.8) is 0 Å². The molecular formula is C26H36ClN5O3.